The van der Waals surface area contributed by atoms with Gasteiger partial charge in [-0.1, -0.05) is 25.6 Å². The van der Waals surface area contributed by atoms with Gasteiger partial charge in [0.1, 0.15) is 11.5 Å². The Morgan fingerprint density at radius 1 is 1.27 bits per heavy atom. The van der Waals surface area contributed by atoms with Crippen LogP contribution < -0.4 is 4.90 Å². The molecule has 2 aliphatic heterocycles. The van der Waals surface area contributed by atoms with Gasteiger partial charge in [0.15, 0.2) is 0 Å². The quantitative estimate of drug-likeness (QED) is 0.625. The highest BCUT2D eigenvalue weighted by molar-refractivity contribution is 5.95. The molecule has 0 aliphatic carbocycles. The van der Waals surface area contributed by atoms with Gasteiger partial charge in [-0.15, -0.1) is 0 Å². The number of carbonyl (C=O) groups excluding carboxylic acids is 1. The van der Waals surface area contributed by atoms with E-state index in [0.717, 1.165) is 59.9 Å². The molecule has 0 radical (unpaired) electrons. The molecule has 1 aromatic heterocycles. The Kier molecular flexibility index (Phi) is 7.07. The maximum atomic E-state index is 13.4. The molecule has 2 aromatic rings. The van der Waals surface area contributed by atoms with Gasteiger partial charge in [-0.2, -0.15) is 0 Å². The molecule has 0 spiro atoms. The molecule has 1 unspecified atom stereocenters. The van der Waals surface area contributed by atoms with Crippen molar-refractivity contribution >= 4 is 11.6 Å². The number of hydrogen-bond acceptors (Lipinski definition) is 6. The summed E-state index contributed by atoms with van der Waals surface area (Å²) in [5, 5.41) is 20.5. The van der Waals surface area contributed by atoms with Crippen LogP contribution in [0.3, 0.4) is 0 Å². The zero-order valence-electron chi connectivity index (χ0n) is 19.0. The van der Waals surface area contributed by atoms with Crippen molar-refractivity contribution in [1.29, 1.82) is 0 Å². The molecule has 2 aliphatic rings. The fraction of sp³-hybridized carbons (Fsp3) is 0.440. The molecule has 1 saturated heterocycles. The van der Waals surface area contributed by atoms with E-state index in [0.29, 0.717) is 13.0 Å². The van der Waals surface area contributed by atoms with Crippen LogP contribution in [0.2, 0.25) is 0 Å². The lowest BCUT2D eigenvalue weighted by Gasteiger charge is -2.35. The maximum absolute atomic E-state index is 13.4. The molecule has 1 aromatic carbocycles. The van der Waals surface area contributed by atoms with Gasteiger partial charge in [0, 0.05) is 26.2 Å². The average Bonchev–Trinajstić information content (AvgIpc) is 2.82. The third-order valence-corrected chi connectivity index (χ3v) is 6.59. The second-order valence-electron chi connectivity index (χ2n) is 8.93. The van der Waals surface area contributed by atoms with Crippen LogP contribution in [0.4, 0.5) is 10.1 Å². The molecule has 33 heavy (non-hydrogen) atoms. The number of aliphatic hydroxyl groups excluding tert-OH is 1. The number of nitrogens with zero attached hydrogens (tertiary/aromatic N) is 4. The molecule has 8 heteroatoms. The van der Waals surface area contributed by atoms with Gasteiger partial charge in [-0.05, 0) is 60.2 Å². The van der Waals surface area contributed by atoms with Crippen LogP contribution in [0.15, 0.2) is 43.2 Å². The lowest BCUT2D eigenvalue weighted by atomic mass is 9.88. The number of carbonyl (C=O) groups is 1. The van der Waals surface area contributed by atoms with Crippen LogP contribution in [-0.2, 0) is 13.0 Å². The molecule has 1 amide bonds. The topological polar surface area (TPSA) is 80.1 Å². The molecule has 176 valence electrons. The molecule has 1 fully saturated rings. The Balaban J connectivity index is 1.70. The second-order valence-corrected chi connectivity index (χ2v) is 8.93. The largest absolute Gasteiger partial charge is 0.393 e. The van der Waals surface area contributed by atoms with Gasteiger partial charge in [-0.3, -0.25) is 10.0 Å². The minimum atomic E-state index is -0.485. The Bertz CT molecular complexity index is 1010. The highest BCUT2D eigenvalue weighted by atomic mass is 19.1. The van der Waals surface area contributed by atoms with Crippen LogP contribution in [0.1, 0.15) is 52.9 Å². The van der Waals surface area contributed by atoms with Crippen molar-refractivity contribution in [3.63, 3.8) is 0 Å². The van der Waals surface area contributed by atoms with E-state index in [2.05, 4.69) is 23.4 Å². The third-order valence-electron chi connectivity index (χ3n) is 6.59. The van der Waals surface area contributed by atoms with Crippen molar-refractivity contribution in [2.45, 2.75) is 44.8 Å². The molecule has 3 heterocycles. The zero-order valence-corrected chi connectivity index (χ0v) is 19.0. The maximum Gasteiger partial charge on any atom is 0.296 e. The van der Waals surface area contributed by atoms with Crippen LogP contribution >= 0.6 is 0 Å². The standard InChI is InChI=1S/C25H31FN4O3/c1-3-29(16-18-4-6-19(26)7-5-18)22-14-27-24-21(10-13-30(33)25(24)32)23(22)17(2)15-28-11-8-20(31)9-12-28/h3-7,14,17,20,31,33H,1,8-13,15-16H2,2H3. The Morgan fingerprint density at radius 2 is 1.97 bits per heavy atom. The molecule has 2 N–H and O–H groups in total. The highest BCUT2D eigenvalue weighted by Crippen LogP contribution is 2.36. The van der Waals surface area contributed by atoms with Crippen LogP contribution in [-0.4, -0.2) is 63.5 Å². The second kappa shape index (κ2) is 9.99. The molecule has 4 rings (SSSR count). The summed E-state index contributed by atoms with van der Waals surface area (Å²) in [5.74, 6) is -0.686. The number of aromatic nitrogens is 1. The molecular weight excluding hydrogens is 423 g/mol. The van der Waals surface area contributed by atoms with Crippen molar-refractivity contribution in [2.75, 3.05) is 31.1 Å². The van der Waals surface area contributed by atoms with E-state index >= 15 is 0 Å². The zero-order chi connectivity index (χ0) is 23.5. The van der Waals surface area contributed by atoms with Crippen molar-refractivity contribution in [2.24, 2.45) is 0 Å². The fourth-order valence-corrected chi connectivity index (χ4v) is 4.83. The van der Waals surface area contributed by atoms with Gasteiger partial charge in [0.05, 0.1) is 24.5 Å². The first kappa shape index (κ1) is 23.4. The van der Waals surface area contributed by atoms with Crippen LogP contribution in [0, 0.1) is 5.82 Å². The summed E-state index contributed by atoms with van der Waals surface area (Å²) in [4.78, 5) is 21.3. The summed E-state index contributed by atoms with van der Waals surface area (Å²) >= 11 is 0. The number of anilines is 1. The van der Waals surface area contributed by atoms with Crippen molar-refractivity contribution in [3.05, 3.63) is 71.4 Å². The predicted molar refractivity (Wildman–Crippen MR) is 124 cm³/mol. The Morgan fingerprint density at radius 3 is 2.64 bits per heavy atom. The number of pyridine rings is 1. The SMILES string of the molecule is C=CN(Cc1ccc(F)cc1)c1cnc2c(c1C(C)CN1CCC(O)CC1)CCN(O)C2=O. The van der Waals surface area contributed by atoms with E-state index in [9.17, 15) is 19.5 Å². The van der Waals surface area contributed by atoms with E-state index in [1.54, 1.807) is 24.5 Å². The smallest absolute Gasteiger partial charge is 0.296 e. The monoisotopic (exact) mass is 454 g/mol. The minimum Gasteiger partial charge on any atom is -0.393 e. The number of likely N-dealkylation sites (tertiary alicyclic amines) is 1. The minimum absolute atomic E-state index is 0.0840. The summed E-state index contributed by atoms with van der Waals surface area (Å²) in [6.07, 6.45) is 5.19. The summed E-state index contributed by atoms with van der Waals surface area (Å²) in [6.45, 7) is 9.28. The Hall–Kier alpha value is -2.81. The number of aliphatic hydroxyl groups is 1. The fourth-order valence-electron chi connectivity index (χ4n) is 4.83. The van der Waals surface area contributed by atoms with E-state index in [1.807, 2.05) is 4.90 Å². The molecule has 0 saturated carbocycles. The van der Waals surface area contributed by atoms with Crippen molar-refractivity contribution in [1.82, 2.24) is 14.9 Å². The third kappa shape index (κ3) is 5.08. The summed E-state index contributed by atoms with van der Waals surface area (Å²) < 4.78 is 13.4. The molecule has 7 nitrogen and oxygen atoms in total. The van der Waals surface area contributed by atoms with E-state index in [-0.39, 0.29) is 30.1 Å². The number of benzene rings is 1. The number of rotatable bonds is 7. The number of fused-ring (bicyclic) bond motifs is 1. The van der Waals surface area contributed by atoms with Crippen molar-refractivity contribution < 1.29 is 19.5 Å². The first-order valence-corrected chi connectivity index (χ1v) is 11.4. The number of hydroxylamine groups is 2. The van der Waals surface area contributed by atoms with E-state index < -0.39 is 5.91 Å². The molecular formula is C25H31FN4O3. The van der Waals surface area contributed by atoms with Crippen molar-refractivity contribution in [3.8, 4) is 0 Å². The van der Waals surface area contributed by atoms with Gasteiger partial charge in [-0.25, -0.2) is 14.4 Å². The predicted octanol–water partition coefficient (Wildman–Crippen LogP) is 3.32. The van der Waals surface area contributed by atoms with Crippen LogP contribution in [0.5, 0.6) is 0 Å². The number of halogens is 1. The molecule has 1 atom stereocenters. The van der Waals surface area contributed by atoms with Gasteiger partial charge in [0.2, 0.25) is 0 Å². The summed E-state index contributed by atoms with van der Waals surface area (Å²) in [5.41, 5.74) is 3.95. The lowest BCUT2D eigenvalue weighted by Crippen LogP contribution is -2.39. The first-order valence-electron chi connectivity index (χ1n) is 11.4. The molecule has 0 bridgehead atoms. The van der Waals surface area contributed by atoms with E-state index in [1.165, 1.54) is 12.1 Å². The first-order chi connectivity index (χ1) is 15.9. The summed E-state index contributed by atoms with van der Waals surface area (Å²) in [7, 11) is 0. The number of hydrogen-bond donors (Lipinski definition) is 2. The van der Waals surface area contributed by atoms with Gasteiger partial charge >= 0.3 is 0 Å². The number of amides is 1. The number of piperidine rings is 1. The average molecular weight is 455 g/mol. The Labute approximate surface area is 193 Å². The van der Waals surface area contributed by atoms with E-state index in [4.69, 9.17) is 0 Å². The van der Waals surface area contributed by atoms with Crippen LogP contribution in [0.25, 0.3) is 0 Å². The highest BCUT2D eigenvalue weighted by Gasteiger charge is 2.32. The van der Waals surface area contributed by atoms with Gasteiger partial charge < -0.3 is 14.9 Å². The van der Waals surface area contributed by atoms with Gasteiger partial charge in [0.25, 0.3) is 5.91 Å². The summed E-state index contributed by atoms with van der Waals surface area (Å²) in [6, 6.07) is 6.36. The lowest BCUT2D eigenvalue weighted by molar-refractivity contribution is -0.0608. The normalized spacial score (nSPS) is 18.2.